The van der Waals surface area contributed by atoms with E-state index in [0.717, 1.165) is 17.7 Å². The van der Waals surface area contributed by atoms with Gasteiger partial charge in [-0.2, -0.15) is 0 Å². The molecule has 1 atom stereocenters. The van der Waals surface area contributed by atoms with Crippen LogP contribution in [0.15, 0.2) is 47.2 Å². The number of rotatable bonds is 8. The van der Waals surface area contributed by atoms with Crippen molar-refractivity contribution in [1.82, 2.24) is 10.3 Å². The van der Waals surface area contributed by atoms with Gasteiger partial charge in [-0.15, -0.1) is 22.7 Å². The number of carbonyl (C=O) groups excluding carboxylic acids is 3. The third-order valence-corrected chi connectivity index (χ3v) is 5.83. The molecule has 0 fully saturated rings. The number of carbonyl (C=O) groups is 3. The van der Waals surface area contributed by atoms with Crippen molar-refractivity contribution in [3.05, 3.63) is 57.6 Å². The molecule has 30 heavy (non-hydrogen) atoms. The van der Waals surface area contributed by atoms with E-state index in [1.165, 1.54) is 35.2 Å². The summed E-state index contributed by atoms with van der Waals surface area (Å²) in [5.74, 6) is -1.55. The van der Waals surface area contributed by atoms with E-state index in [1.807, 2.05) is 29.6 Å². The van der Waals surface area contributed by atoms with Gasteiger partial charge in [0.2, 0.25) is 0 Å². The molecule has 2 aromatic heterocycles. The predicted molar refractivity (Wildman–Crippen MR) is 118 cm³/mol. The maximum Gasteiger partial charge on any atom is 0.326 e. The largest absolute Gasteiger partial charge is 0.451 e. The first-order valence-corrected chi connectivity index (χ1v) is 11.1. The van der Waals surface area contributed by atoms with Crippen LogP contribution in [0.2, 0.25) is 0 Å². The lowest BCUT2D eigenvalue weighted by Crippen LogP contribution is -2.35. The Labute approximate surface area is 182 Å². The molecule has 2 N–H and O–H groups in total. The summed E-state index contributed by atoms with van der Waals surface area (Å²) in [4.78, 5) is 40.9. The minimum absolute atomic E-state index is 0.316. The Bertz CT molecular complexity index is 1010. The summed E-state index contributed by atoms with van der Waals surface area (Å²) < 4.78 is 5.08. The van der Waals surface area contributed by atoms with Crippen molar-refractivity contribution in [2.45, 2.75) is 26.4 Å². The number of amides is 2. The van der Waals surface area contributed by atoms with Crippen molar-refractivity contribution in [1.29, 1.82) is 0 Å². The summed E-state index contributed by atoms with van der Waals surface area (Å²) in [5, 5.41) is 9.16. The Morgan fingerprint density at radius 1 is 1.13 bits per heavy atom. The minimum atomic E-state index is -1.02. The van der Waals surface area contributed by atoms with E-state index in [0.29, 0.717) is 10.0 Å². The topological polar surface area (TPSA) is 97.4 Å². The van der Waals surface area contributed by atoms with Gasteiger partial charge in [0.05, 0.1) is 10.6 Å². The fourth-order valence-electron chi connectivity index (χ4n) is 2.52. The number of anilines is 1. The highest BCUT2D eigenvalue weighted by Crippen LogP contribution is 2.25. The van der Waals surface area contributed by atoms with E-state index >= 15 is 0 Å². The first kappa shape index (κ1) is 21.7. The van der Waals surface area contributed by atoms with E-state index in [1.54, 1.807) is 17.5 Å². The molecule has 0 saturated heterocycles. The van der Waals surface area contributed by atoms with Crippen LogP contribution < -0.4 is 10.6 Å². The average molecular weight is 444 g/mol. The number of thiazole rings is 1. The summed E-state index contributed by atoms with van der Waals surface area (Å²) in [6, 6.07) is 11.5. The van der Waals surface area contributed by atoms with Crippen LogP contribution in [0, 0.1) is 0 Å². The van der Waals surface area contributed by atoms with Gasteiger partial charge in [0, 0.05) is 10.9 Å². The fraction of sp³-hybridized carbons (Fsp3) is 0.238. The van der Waals surface area contributed by atoms with Crippen LogP contribution in [0.3, 0.4) is 0 Å². The number of hydrogen-bond acceptors (Lipinski definition) is 7. The van der Waals surface area contributed by atoms with E-state index in [9.17, 15) is 14.4 Å². The first-order chi connectivity index (χ1) is 14.5. The molecule has 9 heteroatoms. The molecule has 156 valence electrons. The summed E-state index contributed by atoms with van der Waals surface area (Å²) in [6.07, 6.45) is -0.0557. The van der Waals surface area contributed by atoms with E-state index < -0.39 is 18.0 Å². The number of aryl methyl sites for hydroxylation is 1. The Kier molecular flexibility index (Phi) is 7.31. The number of thiophene rings is 1. The predicted octanol–water partition coefficient (Wildman–Crippen LogP) is 3.73. The van der Waals surface area contributed by atoms with Gasteiger partial charge >= 0.3 is 5.97 Å². The molecule has 0 aliphatic rings. The lowest BCUT2D eigenvalue weighted by atomic mass is 10.1. The Balaban J connectivity index is 1.48. The monoisotopic (exact) mass is 443 g/mol. The van der Waals surface area contributed by atoms with Crippen LogP contribution in [0.5, 0.6) is 0 Å². The third-order valence-electron chi connectivity index (χ3n) is 4.21. The summed E-state index contributed by atoms with van der Waals surface area (Å²) in [5.41, 5.74) is 2.97. The van der Waals surface area contributed by atoms with Crippen LogP contribution in [0.4, 0.5) is 5.13 Å². The van der Waals surface area contributed by atoms with Crippen molar-refractivity contribution in [2.75, 3.05) is 11.9 Å². The number of esters is 1. The number of nitrogens with zero attached hydrogens (tertiary/aromatic N) is 1. The molecule has 0 aliphatic carbocycles. The van der Waals surface area contributed by atoms with Crippen molar-refractivity contribution in [3.63, 3.8) is 0 Å². The lowest BCUT2D eigenvalue weighted by molar-refractivity contribution is -0.152. The molecule has 0 bridgehead atoms. The lowest BCUT2D eigenvalue weighted by Gasteiger charge is -2.12. The zero-order chi connectivity index (χ0) is 21.5. The molecule has 1 aromatic carbocycles. The standard InChI is InChI=1S/C21H21N3O4S2/c1-3-14-6-8-15(9-7-14)16-12-30-21(23-16)24-19(26)13(2)28-18(25)11-22-20(27)17-5-4-10-29-17/h4-10,12-13H,3,11H2,1-2H3,(H,22,27)(H,23,24,26)/t13-/m0/s1. The molecule has 0 spiro atoms. The molecule has 0 unspecified atom stereocenters. The van der Waals surface area contributed by atoms with E-state index in [-0.39, 0.29) is 12.5 Å². The number of benzene rings is 1. The van der Waals surface area contributed by atoms with Crippen molar-refractivity contribution in [3.8, 4) is 11.3 Å². The van der Waals surface area contributed by atoms with Crippen molar-refractivity contribution >= 4 is 45.6 Å². The molecule has 3 rings (SSSR count). The quantitative estimate of drug-likeness (QED) is 0.517. The Hall–Kier alpha value is -3.04. The number of aromatic nitrogens is 1. The summed E-state index contributed by atoms with van der Waals surface area (Å²) in [7, 11) is 0. The number of ether oxygens (including phenoxy) is 1. The number of hydrogen-bond donors (Lipinski definition) is 2. The van der Waals surface area contributed by atoms with Crippen LogP contribution in [-0.4, -0.2) is 35.4 Å². The zero-order valence-electron chi connectivity index (χ0n) is 16.5. The molecular weight excluding hydrogens is 422 g/mol. The third kappa shape index (κ3) is 5.74. The Morgan fingerprint density at radius 2 is 1.90 bits per heavy atom. The van der Waals surface area contributed by atoms with Gasteiger partial charge in [-0.1, -0.05) is 37.3 Å². The van der Waals surface area contributed by atoms with Crippen molar-refractivity contribution in [2.24, 2.45) is 0 Å². The molecule has 2 heterocycles. The summed E-state index contributed by atoms with van der Waals surface area (Å²) >= 11 is 2.56. The molecule has 2 amide bonds. The van der Waals surface area contributed by atoms with Crippen LogP contribution in [-0.2, 0) is 20.7 Å². The smallest absolute Gasteiger partial charge is 0.326 e. The zero-order valence-corrected chi connectivity index (χ0v) is 18.1. The second-order valence-electron chi connectivity index (χ2n) is 6.37. The maximum absolute atomic E-state index is 12.3. The highest BCUT2D eigenvalue weighted by Gasteiger charge is 2.20. The molecule has 7 nitrogen and oxygen atoms in total. The average Bonchev–Trinajstić information content (AvgIpc) is 3.44. The molecule has 0 aliphatic heterocycles. The van der Waals surface area contributed by atoms with Gasteiger partial charge in [0.15, 0.2) is 11.2 Å². The second kappa shape index (κ2) is 10.1. The van der Waals surface area contributed by atoms with Gasteiger partial charge in [-0.25, -0.2) is 4.98 Å². The van der Waals surface area contributed by atoms with Crippen LogP contribution >= 0.6 is 22.7 Å². The second-order valence-corrected chi connectivity index (χ2v) is 8.18. The highest BCUT2D eigenvalue weighted by molar-refractivity contribution is 7.14. The van der Waals surface area contributed by atoms with Crippen LogP contribution in [0.25, 0.3) is 11.3 Å². The highest BCUT2D eigenvalue weighted by atomic mass is 32.1. The van der Waals surface area contributed by atoms with E-state index in [4.69, 9.17) is 4.74 Å². The maximum atomic E-state index is 12.3. The van der Waals surface area contributed by atoms with Gasteiger partial charge < -0.3 is 10.1 Å². The molecule has 3 aromatic rings. The number of nitrogens with one attached hydrogen (secondary N) is 2. The van der Waals surface area contributed by atoms with Gasteiger partial charge in [-0.05, 0) is 30.4 Å². The molecular formula is C21H21N3O4S2. The fourth-order valence-corrected chi connectivity index (χ4v) is 3.88. The first-order valence-electron chi connectivity index (χ1n) is 9.33. The molecule has 0 saturated carbocycles. The van der Waals surface area contributed by atoms with Crippen molar-refractivity contribution < 1.29 is 19.1 Å². The van der Waals surface area contributed by atoms with Gasteiger partial charge in [-0.3, -0.25) is 19.7 Å². The SMILES string of the molecule is CCc1ccc(-c2csc(NC(=O)[C@H](C)OC(=O)CNC(=O)c3cccs3)n2)cc1. The molecule has 0 radical (unpaired) electrons. The minimum Gasteiger partial charge on any atom is -0.451 e. The van der Waals surface area contributed by atoms with E-state index in [2.05, 4.69) is 22.5 Å². The Morgan fingerprint density at radius 3 is 2.57 bits per heavy atom. The normalized spacial score (nSPS) is 11.5. The van der Waals surface area contributed by atoms with Gasteiger partial charge in [0.1, 0.15) is 6.54 Å². The van der Waals surface area contributed by atoms with Gasteiger partial charge in [0.25, 0.3) is 11.8 Å². The summed E-state index contributed by atoms with van der Waals surface area (Å²) in [6.45, 7) is 3.24. The van der Waals surface area contributed by atoms with Crippen LogP contribution in [0.1, 0.15) is 29.1 Å².